The van der Waals surface area contributed by atoms with E-state index in [9.17, 15) is 14.9 Å². The topological polar surface area (TPSA) is 130 Å². The van der Waals surface area contributed by atoms with Gasteiger partial charge in [-0.3, -0.25) is 29.1 Å². The Hall–Kier alpha value is -4.13. The maximum Gasteiger partial charge on any atom is 0.254 e. The summed E-state index contributed by atoms with van der Waals surface area (Å²) >= 11 is 0. The van der Waals surface area contributed by atoms with Crippen LogP contribution >= 0.6 is 0 Å². The summed E-state index contributed by atoms with van der Waals surface area (Å²) in [4.78, 5) is 40.9. The number of fused-ring (bicyclic) bond motifs is 1. The number of anilines is 1. The third kappa shape index (κ3) is 4.14. The molecule has 2 aliphatic carbocycles. The largest absolute Gasteiger partial charge is 0.349 e. The van der Waals surface area contributed by atoms with Crippen molar-refractivity contribution in [3.63, 3.8) is 0 Å². The summed E-state index contributed by atoms with van der Waals surface area (Å²) in [7, 11) is 0. The van der Waals surface area contributed by atoms with E-state index in [-0.39, 0.29) is 35.7 Å². The fourth-order valence-corrected chi connectivity index (χ4v) is 5.44. The van der Waals surface area contributed by atoms with Gasteiger partial charge in [-0.2, -0.15) is 10.4 Å². The minimum atomic E-state index is -0.227. The Morgan fingerprint density at radius 2 is 2.00 bits per heavy atom. The van der Waals surface area contributed by atoms with Gasteiger partial charge in [0.1, 0.15) is 6.07 Å². The van der Waals surface area contributed by atoms with E-state index in [4.69, 9.17) is 4.98 Å². The van der Waals surface area contributed by atoms with E-state index in [2.05, 4.69) is 26.5 Å². The first kappa shape index (κ1) is 23.3. The van der Waals surface area contributed by atoms with Crippen LogP contribution in [0, 0.1) is 37.0 Å². The smallest absolute Gasteiger partial charge is 0.254 e. The average molecular weight is 497 g/mol. The average Bonchev–Trinajstić information content (AvgIpc) is 3.32. The van der Waals surface area contributed by atoms with E-state index in [1.165, 1.54) is 0 Å². The summed E-state index contributed by atoms with van der Waals surface area (Å²) < 4.78 is 1.70. The molecule has 3 aromatic rings. The molecule has 1 saturated heterocycles. The van der Waals surface area contributed by atoms with Crippen LogP contribution in [-0.2, 0) is 4.79 Å². The lowest BCUT2D eigenvalue weighted by atomic mass is 9.76. The van der Waals surface area contributed by atoms with Gasteiger partial charge >= 0.3 is 0 Å². The molecule has 3 fully saturated rings. The van der Waals surface area contributed by atoms with Crippen molar-refractivity contribution in [1.82, 2.24) is 30.0 Å². The zero-order chi connectivity index (χ0) is 25.8. The van der Waals surface area contributed by atoms with Crippen LogP contribution in [0.4, 0.5) is 5.82 Å². The molecule has 3 atom stereocenters. The van der Waals surface area contributed by atoms with Gasteiger partial charge in [0.05, 0.1) is 46.6 Å². The number of hydrogen-bond acceptors (Lipinski definition) is 7. The van der Waals surface area contributed by atoms with E-state index in [0.29, 0.717) is 34.3 Å². The standard InChI is InChI=1S/C27H28N8O2/c1-14-4-5-17(9-28)24(31-14)18-6-21(7-18)33-26(36)20-10-30-35(13-20)16(3)23-11-29-25(15(2)32-23)34-12-19-8-22(19)27(34)37/h4-5,10-11,13,16,18-19,21-22H,6-8,12H2,1-3H3,(H,33,36)/t16-,18-,19+,21+,22+/m0/s1. The Balaban J connectivity index is 1.08. The first-order valence-corrected chi connectivity index (χ1v) is 12.7. The van der Waals surface area contributed by atoms with E-state index in [1.54, 1.807) is 28.2 Å². The van der Waals surface area contributed by atoms with Crippen LogP contribution in [0.3, 0.4) is 0 Å². The molecule has 0 radical (unpaired) electrons. The van der Waals surface area contributed by atoms with Crippen molar-refractivity contribution < 1.29 is 9.59 Å². The number of piperidine rings is 1. The number of nitrogens with one attached hydrogen (secondary N) is 1. The predicted molar refractivity (Wildman–Crippen MR) is 134 cm³/mol. The molecule has 37 heavy (non-hydrogen) atoms. The Morgan fingerprint density at radius 3 is 2.70 bits per heavy atom. The highest BCUT2D eigenvalue weighted by atomic mass is 16.2. The van der Waals surface area contributed by atoms with Gasteiger partial charge in [0.15, 0.2) is 5.82 Å². The van der Waals surface area contributed by atoms with Gasteiger partial charge in [0, 0.05) is 36.3 Å². The van der Waals surface area contributed by atoms with Crippen LogP contribution in [0.5, 0.6) is 0 Å². The zero-order valence-corrected chi connectivity index (χ0v) is 21.0. The molecule has 1 N–H and O–H groups in total. The summed E-state index contributed by atoms with van der Waals surface area (Å²) in [5.41, 5.74) is 4.22. The first-order valence-electron chi connectivity index (χ1n) is 12.7. The summed E-state index contributed by atoms with van der Waals surface area (Å²) in [5.74, 6) is 1.44. The number of hydrogen-bond donors (Lipinski definition) is 1. The lowest BCUT2D eigenvalue weighted by Crippen LogP contribution is -2.43. The number of nitrogens with zero attached hydrogens (tertiary/aromatic N) is 7. The van der Waals surface area contributed by atoms with Crippen LogP contribution in [-0.4, -0.2) is 49.1 Å². The minimum Gasteiger partial charge on any atom is -0.349 e. The van der Waals surface area contributed by atoms with E-state index < -0.39 is 0 Å². The van der Waals surface area contributed by atoms with Crippen LogP contribution in [0.2, 0.25) is 0 Å². The second-order valence-electron chi connectivity index (χ2n) is 10.5. The molecule has 0 bridgehead atoms. The molecule has 4 heterocycles. The quantitative estimate of drug-likeness (QED) is 0.555. The van der Waals surface area contributed by atoms with Gasteiger partial charge in [-0.15, -0.1) is 0 Å². The second-order valence-corrected chi connectivity index (χ2v) is 10.5. The number of amides is 2. The molecule has 188 valence electrons. The number of carbonyl (C=O) groups is 2. The molecule has 3 aromatic heterocycles. The third-order valence-electron chi connectivity index (χ3n) is 7.85. The van der Waals surface area contributed by atoms with Gasteiger partial charge < -0.3 is 5.32 Å². The zero-order valence-electron chi connectivity index (χ0n) is 21.0. The normalized spacial score (nSPS) is 24.7. The number of aryl methyl sites for hydroxylation is 2. The van der Waals surface area contributed by atoms with Gasteiger partial charge in [-0.1, -0.05) is 0 Å². The highest BCUT2D eigenvalue weighted by Gasteiger charge is 2.53. The highest BCUT2D eigenvalue weighted by Crippen LogP contribution is 2.47. The molecule has 0 spiro atoms. The summed E-state index contributed by atoms with van der Waals surface area (Å²) in [6.07, 6.45) is 7.47. The summed E-state index contributed by atoms with van der Waals surface area (Å²) in [6, 6.07) is 5.68. The van der Waals surface area contributed by atoms with Crippen molar-refractivity contribution >= 4 is 17.6 Å². The number of aromatic nitrogens is 5. The summed E-state index contributed by atoms with van der Waals surface area (Å²) in [6.45, 7) is 6.47. The molecular weight excluding hydrogens is 468 g/mol. The number of rotatable bonds is 6. The Labute approximate surface area is 214 Å². The third-order valence-corrected chi connectivity index (χ3v) is 7.85. The van der Waals surface area contributed by atoms with Crippen molar-refractivity contribution in [2.75, 3.05) is 11.4 Å². The van der Waals surface area contributed by atoms with E-state index in [1.807, 2.05) is 32.9 Å². The number of pyridine rings is 1. The maximum atomic E-state index is 12.8. The van der Waals surface area contributed by atoms with Crippen molar-refractivity contribution in [3.8, 4) is 6.07 Å². The van der Waals surface area contributed by atoms with E-state index >= 15 is 0 Å². The van der Waals surface area contributed by atoms with Crippen LogP contribution < -0.4 is 10.2 Å². The Morgan fingerprint density at radius 1 is 1.19 bits per heavy atom. The first-order chi connectivity index (χ1) is 17.8. The Bertz CT molecular complexity index is 1450. The molecule has 0 aromatic carbocycles. The van der Waals surface area contributed by atoms with Crippen molar-refractivity contribution in [1.29, 1.82) is 5.26 Å². The monoisotopic (exact) mass is 496 g/mol. The van der Waals surface area contributed by atoms with Gasteiger partial charge in [-0.25, -0.2) is 4.98 Å². The fourth-order valence-electron chi connectivity index (χ4n) is 5.44. The summed E-state index contributed by atoms with van der Waals surface area (Å²) in [5, 5.41) is 16.8. The maximum absolute atomic E-state index is 12.8. The molecule has 2 amide bonds. The van der Waals surface area contributed by atoms with Crippen molar-refractivity contribution in [2.24, 2.45) is 11.8 Å². The predicted octanol–water partition coefficient (Wildman–Crippen LogP) is 2.82. The fraction of sp³-hybridized carbons (Fsp3) is 0.444. The molecule has 0 unspecified atom stereocenters. The SMILES string of the molecule is Cc1ccc(C#N)c([C@H]2C[C@@H](NC(=O)c3cnn([C@@H](C)c4cnc(N5C[C@H]6C[C@H]6C5=O)c(C)n4)c3)C2)n1. The van der Waals surface area contributed by atoms with Crippen LogP contribution in [0.25, 0.3) is 0 Å². The number of nitriles is 1. The molecule has 3 aliphatic rings. The van der Waals surface area contributed by atoms with Crippen molar-refractivity contribution in [2.45, 2.75) is 58.0 Å². The van der Waals surface area contributed by atoms with Crippen LogP contribution in [0.15, 0.2) is 30.7 Å². The lowest BCUT2D eigenvalue weighted by molar-refractivity contribution is -0.118. The molecule has 6 rings (SSSR count). The highest BCUT2D eigenvalue weighted by molar-refractivity contribution is 5.99. The second kappa shape index (κ2) is 8.76. The molecular formula is C27H28N8O2. The molecule has 10 heteroatoms. The lowest BCUT2D eigenvalue weighted by Gasteiger charge is -2.35. The molecule has 1 aliphatic heterocycles. The van der Waals surface area contributed by atoms with E-state index in [0.717, 1.165) is 37.2 Å². The van der Waals surface area contributed by atoms with Crippen LogP contribution in [0.1, 0.15) is 76.8 Å². The molecule has 2 saturated carbocycles. The number of carbonyl (C=O) groups excluding carboxylic acids is 2. The Kier molecular flexibility index (Phi) is 5.51. The molecule has 10 nitrogen and oxygen atoms in total. The minimum absolute atomic E-state index is 0.0347. The van der Waals surface area contributed by atoms with Gasteiger partial charge in [-0.05, 0) is 58.1 Å². The van der Waals surface area contributed by atoms with Gasteiger partial charge in [0.2, 0.25) is 5.91 Å². The van der Waals surface area contributed by atoms with Gasteiger partial charge in [0.25, 0.3) is 5.91 Å². The van der Waals surface area contributed by atoms with Crippen molar-refractivity contribution in [3.05, 3.63) is 64.6 Å².